The van der Waals surface area contributed by atoms with Gasteiger partial charge in [0.1, 0.15) is 23.3 Å². The second-order valence-electron chi connectivity index (χ2n) is 7.58. The molecule has 0 aliphatic carbocycles. The van der Waals surface area contributed by atoms with E-state index in [1.54, 1.807) is 0 Å². The normalized spacial score (nSPS) is 10.9. The highest BCUT2D eigenvalue weighted by molar-refractivity contribution is 5.84. The van der Waals surface area contributed by atoms with Crippen molar-refractivity contribution >= 4 is 10.8 Å². The molecule has 0 unspecified atom stereocenters. The lowest BCUT2D eigenvalue weighted by atomic mass is 9.99. The lowest BCUT2D eigenvalue weighted by molar-refractivity contribution is 0.511. The summed E-state index contributed by atoms with van der Waals surface area (Å²) in [4.78, 5) is 0. The van der Waals surface area contributed by atoms with Crippen molar-refractivity contribution in [3.05, 3.63) is 106 Å². The van der Waals surface area contributed by atoms with E-state index in [-0.39, 0.29) is 5.56 Å². The SMILES string of the molecule is CCCc1cc(F)c(-c2cc(F)c(C#Cc3ccc4cc(F)c(F)cc4c3)c(F)c2)c(F)c1. The summed E-state index contributed by atoms with van der Waals surface area (Å²) in [6, 6.07) is 10.5. The highest BCUT2D eigenvalue weighted by Gasteiger charge is 2.17. The Balaban J connectivity index is 1.71. The van der Waals surface area contributed by atoms with E-state index >= 15 is 0 Å². The minimum atomic E-state index is -1.08. The average molecular weight is 454 g/mol. The summed E-state index contributed by atoms with van der Waals surface area (Å²) in [6.07, 6.45) is 1.17. The number of halogens is 6. The molecule has 0 atom stereocenters. The monoisotopic (exact) mass is 454 g/mol. The maximum absolute atomic E-state index is 14.6. The van der Waals surface area contributed by atoms with Crippen LogP contribution in [0.3, 0.4) is 0 Å². The number of aryl methyl sites for hydroxylation is 1. The van der Waals surface area contributed by atoms with Crippen molar-refractivity contribution in [2.45, 2.75) is 19.8 Å². The van der Waals surface area contributed by atoms with Crippen LogP contribution in [0.4, 0.5) is 26.3 Å². The average Bonchev–Trinajstić information content (AvgIpc) is 2.74. The molecule has 166 valence electrons. The van der Waals surface area contributed by atoms with Gasteiger partial charge in [0.2, 0.25) is 0 Å². The standard InChI is InChI=1S/C27H16F6/c1-2-3-16-9-25(32)27(26(33)10-16)19-13-21(28)20(22(29)14-19)7-5-15-4-6-17-11-23(30)24(31)12-18(17)8-15/h4,6,8-14H,2-3H2,1H3. The van der Waals surface area contributed by atoms with E-state index in [4.69, 9.17) is 0 Å². The number of benzene rings is 4. The number of hydrogen-bond donors (Lipinski definition) is 0. The molecule has 0 aliphatic heterocycles. The van der Waals surface area contributed by atoms with Crippen LogP contribution in [-0.2, 0) is 6.42 Å². The third-order valence-corrected chi connectivity index (χ3v) is 5.18. The van der Waals surface area contributed by atoms with Crippen LogP contribution >= 0.6 is 0 Å². The van der Waals surface area contributed by atoms with Gasteiger partial charge in [-0.05, 0) is 76.9 Å². The van der Waals surface area contributed by atoms with E-state index in [1.807, 2.05) is 6.92 Å². The van der Waals surface area contributed by atoms with Crippen molar-refractivity contribution in [3.8, 4) is 23.0 Å². The molecule has 0 fully saturated rings. The lowest BCUT2D eigenvalue weighted by Gasteiger charge is -2.09. The van der Waals surface area contributed by atoms with E-state index in [0.29, 0.717) is 34.7 Å². The first-order chi connectivity index (χ1) is 15.8. The Morgan fingerprint density at radius 1 is 0.606 bits per heavy atom. The predicted molar refractivity (Wildman–Crippen MR) is 116 cm³/mol. The third-order valence-electron chi connectivity index (χ3n) is 5.18. The van der Waals surface area contributed by atoms with E-state index in [0.717, 1.165) is 36.4 Å². The molecule has 4 aromatic carbocycles. The summed E-state index contributed by atoms with van der Waals surface area (Å²) in [5.74, 6) is -1.04. The fourth-order valence-electron chi connectivity index (χ4n) is 3.63. The van der Waals surface area contributed by atoms with Crippen molar-refractivity contribution in [3.63, 3.8) is 0 Å². The summed E-state index contributed by atoms with van der Waals surface area (Å²) in [5, 5.41) is 0.810. The molecule has 0 aliphatic rings. The molecule has 0 amide bonds. The second-order valence-corrected chi connectivity index (χ2v) is 7.58. The predicted octanol–water partition coefficient (Wildman–Crippen LogP) is 7.69. The Hall–Kier alpha value is -3.72. The quantitative estimate of drug-likeness (QED) is 0.220. The number of rotatable bonds is 3. The molecule has 0 bridgehead atoms. The molecule has 0 N–H and O–H groups in total. The van der Waals surface area contributed by atoms with Gasteiger partial charge in [0.15, 0.2) is 11.6 Å². The van der Waals surface area contributed by atoms with Gasteiger partial charge in [0.25, 0.3) is 0 Å². The number of fused-ring (bicyclic) bond motifs is 1. The van der Waals surface area contributed by atoms with Gasteiger partial charge in [-0.3, -0.25) is 0 Å². The van der Waals surface area contributed by atoms with Gasteiger partial charge in [0.05, 0.1) is 11.1 Å². The lowest BCUT2D eigenvalue weighted by Crippen LogP contribution is -1.98. The Labute approximate surface area is 186 Å². The van der Waals surface area contributed by atoms with Crippen LogP contribution in [0.1, 0.15) is 30.0 Å². The van der Waals surface area contributed by atoms with Crippen LogP contribution in [0, 0.1) is 46.7 Å². The van der Waals surface area contributed by atoms with Gasteiger partial charge in [-0.25, -0.2) is 26.3 Å². The zero-order chi connectivity index (χ0) is 23.7. The maximum Gasteiger partial charge on any atom is 0.159 e. The topological polar surface area (TPSA) is 0 Å². The Bertz CT molecular complexity index is 1400. The van der Waals surface area contributed by atoms with Crippen LogP contribution in [0.5, 0.6) is 0 Å². The summed E-state index contributed by atoms with van der Waals surface area (Å²) in [7, 11) is 0. The third kappa shape index (κ3) is 4.58. The smallest absolute Gasteiger partial charge is 0.159 e. The molecule has 0 aromatic heterocycles. The van der Waals surface area contributed by atoms with Gasteiger partial charge in [-0.2, -0.15) is 0 Å². The molecule has 4 rings (SSSR count). The van der Waals surface area contributed by atoms with Crippen LogP contribution < -0.4 is 0 Å². The molecule has 4 aromatic rings. The minimum absolute atomic E-state index is 0.281. The fourth-order valence-corrected chi connectivity index (χ4v) is 3.63. The summed E-state index contributed by atoms with van der Waals surface area (Å²) in [6.45, 7) is 1.87. The Morgan fingerprint density at radius 3 is 1.82 bits per heavy atom. The molecule has 0 heterocycles. The van der Waals surface area contributed by atoms with E-state index in [1.165, 1.54) is 18.2 Å². The van der Waals surface area contributed by atoms with Gasteiger partial charge in [-0.1, -0.05) is 31.3 Å². The van der Waals surface area contributed by atoms with Crippen LogP contribution in [0.25, 0.3) is 21.9 Å². The van der Waals surface area contributed by atoms with Crippen molar-refractivity contribution in [1.29, 1.82) is 0 Å². The first-order valence-corrected chi connectivity index (χ1v) is 10.1. The van der Waals surface area contributed by atoms with Crippen LogP contribution in [0.15, 0.2) is 54.6 Å². The Morgan fingerprint density at radius 2 is 1.21 bits per heavy atom. The molecular weight excluding hydrogens is 438 g/mol. The molecule has 33 heavy (non-hydrogen) atoms. The van der Waals surface area contributed by atoms with E-state index in [2.05, 4.69) is 11.8 Å². The highest BCUT2D eigenvalue weighted by Crippen LogP contribution is 2.30. The summed E-state index contributed by atoms with van der Waals surface area (Å²) in [5.41, 5.74) is -0.599. The Kier molecular flexibility index (Phi) is 6.15. The van der Waals surface area contributed by atoms with Gasteiger partial charge in [-0.15, -0.1) is 0 Å². The molecule has 0 radical (unpaired) electrons. The first kappa shape index (κ1) is 22.5. The highest BCUT2D eigenvalue weighted by atomic mass is 19.2. The molecular formula is C27H16F6. The van der Waals surface area contributed by atoms with E-state index < -0.39 is 46.0 Å². The largest absolute Gasteiger partial charge is 0.206 e. The molecule has 0 nitrogen and oxygen atoms in total. The number of hydrogen-bond acceptors (Lipinski definition) is 0. The van der Waals surface area contributed by atoms with Crippen LogP contribution in [-0.4, -0.2) is 0 Å². The van der Waals surface area contributed by atoms with Crippen molar-refractivity contribution in [2.75, 3.05) is 0 Å². The van der Waals surface area contributed by atoms with Gasteiger partial charge >= 0.3 is 0 Å². The molecule has 0 saturated carbocycles. The van der Waals surface area contributed by atoms with Crippen LogP contribution in [0.2, 0.25) is 0 Å². The van der Waals surface area contributed by atoms with Crippen molar-refractivity contribution in [1.82, 2.24) is 0 Å². The second kappa shape index (κ2) is 9.03. The van der Waals surface area contributed by atoms with Crippen molar-refractivity contribution < 1.29 is 26.3 Å². The maximum atomic E-state index is 14.6. The summed E-state index contributed by atoms with van der Waals surface area (Å²) < 4.78 is 85.0. The van der Waals surface area contributed by atoms with Crippen molar-refractivity contribution in [2.24, 2.45) is 0 Å². The first-order valence-electron chi connectivity index (χ1n) is 10.1. The molecule has 0 saturated heterocycles. The van der Waals surface area contributed by atoms with Gasteiger partial charge in [0, 0.05) is 5.56 Å². The minimum Gasteiger partial charge on any atom is -0.206 e. The fraction of sp³-hybridized carbons (Fsp3) is 0.111. The van der Waals surface area contributed by atoms with Gasteiger partial charge < -0.3 is 0 Å². The zero-order valence-electron chi connectivity index (χ0n) is 17.4. The molecule has 0 spiro atoms. The zero-order valence-corrected chi connectivity index (χ0v) is 17.4. The van der Waals surface area contributed by atoms with E-state index in [9.17, 15) is 26.3 Å². The summed E-state index contributed by atoms with van der Waals surface area (Å²) >= 11 is 0. The molecule has 6 heteroatoms.